The molecule has 0 saturated heterocycles. The zero-order valence-electron chi connectivity index (χ0n) is 13.7. The van der Waals surface area contributed by atoms with E-state index in [-0.39, 0.29) is 11.5 Å². The quantitative estimate of drug-likeness (QED) is 0.743. The van der Waals surface area contributed by atoms with E-state index in [1.54, 1.807) is 18.5 Å². The van der Waals surface area contributed by atoms with Crippen LogP contribution < -0.4 is 4.72 Å². The Hall–Kier alpha value is -2.02. The van der Waals surface area contributed by atoms with E-state index in [0.717, 1.165) is 16.9 Å². The fourth-order valence-electron chi connectivity index (χ4n) is 3.05. The monoisotopic (exact) mass is 370 g/mol. The summed E-state index contributed by atoms with van der Waals surface area (Å²) in [5, 5.41) is 0. The highest BCUT2D eigenvalue weighted by Crippen LogP contribution is 2.48. The fraction of sp³-hybridized carbons (Fsp3) is 0.211. The predicted molar refractivity (Wildman–Crippen MR) is 100 cm³/mol. The van der Waals surface area contributed by atoms with Gasteiger partial charge in [-0.2, -0.15) is 0 Å². The molecule has 1 aliphatic rings. The zero-order chi connectivity index (χ0) is 17.5. The van der Waals surface area contributed by atoms with Crippen LogP contribution in [0.1, 0.15) is 18.9 Å². The number of hydrogen-bond acceptors (Lipinski definition) is 4. The average molecular weight is 370 g/mol. The minimum atomic E-state index is -3.52. The van der Waals surface area contributed by atoms with Crippen LogP contribution in [0.15, 0.2) is 71.2 Å². The lowest BCUT2D eigenvalue weighted by molar-refractivity contribution is 0.576. The van der Waals surface area contributed by atoms with E-state index < -0.39 is 10.0 Å². The maximum atomic E-state index is 12.7. The number of sulfonamides is 1. The van der Waals surface area contributed by atoms with Gasteiger partial charge < -0.3 is 0 Å². The second kappa shape index (κ2) is 6.05. The highest BCUT2D eigenvalue weighted by Gasteiger charge is 2.53. The molecule has 0 spiro atoms. The van der Waals surface area contributed by atoms with Crippen LogP contribution in [0.25, 0.3) is 10.4 Å². The molecule has 4 nitrogen and oxygen atoms in total. The Bertz CT molecular complexity index is 985. The lowest BCUT2D eigenvalue weighted by atomic mass is 9.98. The maximum absolute atomic E-state index is 12.7. The van der Waals surface area contributed by atoms with Gasteiger partial charge in [0.05, 0.1) is 0 Å². The van der Waals surface area contributed by atoms with Crippen molar-refractivity contribution in [2.24, 2.45) is 0 Å². The number of benzene rings is 1. The molecule has 1 fully saturated rings. The standard InChI is InChI=1S/C19H18N2O2S2/c1-19(15-7-3-2-4-8-15)12-17(19)21-25(22,23)18-10-9-16(24-18)14-6-5-11-20-13-14/h2-11,13,17,21H,12H2,1H3/t17-,19+/m0/s1. The van der Waals surface area contributed by atoms with Crippen LogP contribution in [-0.2, 0) is 15.4 Å². The number of hydrogen-bond donors (Lipinski definition) is 1. The van der Waals surface area contributed by atoms with Crippen LogP contribution in [0.3, 0.4) is 0 Å². The molecule has 128 valence electrons. The summed E-state index contributed by atoms with van der Waals surface area (Å²) < 4.78 is 28.7. The summed E-state index contributed by atoms with van der Waals surface area (Å²) in [5.74, 6) is 0. The topological polar surface area (TPSA) is 59.1 Å². The van der Waals surface area contributed by atoms with E-state index in [9.17, 15) is 8.42 Å². The molecule has 0 unspecified atom stereocenters. The Kier molecular flexibility index (Phi) is 3.98. The molecule has 2 aromatic heterocycles. The minimum Gasteiger partial charge on any atom is -0.264 e. The molecule has 4 rings (SSSR count). The molecule has 25 heavy (non-hydrogen) atoms. The molecule has 0 amide bonds. The van der Waals surface area contributed by atoms with E-state index in [1.807, 2.05) is 36.4 Å². The van der Waals surface area contributed by atoms with Crippen molar-refractivity contribution in [3.63, 3.8) is 0 Å². The van der Waals surface area contributed by atoms with Crippen molar-refractivity contribution in [1.29, 1.82) is 0 Å². The number of nitrogens with zero attached hydrogens (tertiary/aromatic N) is 1. The average Bonchev–Trinajstić information content (AvgIpc) is 3.06. The molecule has 0 aliphatic heterocycles. The van der Waals surface area contributed by atoms with Crippen molar-refractivity contribution < 1.29 is 8.42 Å². The first kappa shape index (κ1) is 16.4. The molecule has 1 aliphatic carbocycles. The van der Waals surface area contributed by atoms with Crippen molar-refractivity contribution in [2.45, 2.75) is 29.0 Å². The van der Waals surface area contributed by atoms with Gasteiger partial charge in [-0.25, -0.2) is 13.1 Å². The molecule has 1 saturated carbocycles. The van der Waals surface area contributed by atoms with Crippen molar-refractivity contribution in [1.82, 2.24) is 9.71 Å². The summed E-state index contributed by atoms with van der Waals surface area (Å²) in [6.07, 6.45) is 4.26. The molecule has 0 bridgehead atoms. The van der Waals surface area contributed by atoms with Gasteiger partial charge in [0.15, 0.2) is 0 Å². The summed E-state index contributed by atoms with van der Waals surface area (Å²) in [7, 11) is -3.52. The Morgan fingerprint density at radius 2 is 1.92 bits per heavy atom. The smallest absolute Gasteiger partial charge is 0.250 e. The van der Waals surface area contributed by atoms with Gasteiger partial charge >= 0.3 is 0 Å². The van der Waals surface area contributed by atoms with Gasteiger partial charge in [-0.3, -0.25) is 4.98 Å². The molecule has 0 radical (unpaired) electrons. The van der Waals surface area contributed by atoms with Crippen LogP contribution in [0.2, 0.25) is 0 Å². The highest BCUT2D eigenvalue weighted by molar-refractivity contribution is 7.91. The second-order valence-electron chi connectivity index (χ2n) is 6.52. The van der Waals surface area contributed by atoms with Gasteiger partial charge in [-0.1, -0.05) is 43.3 Å². The van der Waals surface area contributed by atoms with Gasteiger partial charge in [0.1, 0.15) is 4.21 Å². The summed E-state index contributed by atoms with van der Waals surface area (Å²) in [6, 6.07) is 17.3. The van der Waals surface area contributed by atoms with Gasteiger partial charge in [0.25, 0.3) is 0 Å². The largest absolute Gasteiger partial charge is 0.264 e. The summed E-state index contributed by atoms with van der Waals surface area (Å²) in [6.45, 7) is 2.10. The minimum absolute atomic E-state index is 0.0659. The van der Waals surface area contributed by atoms with Crippen molar-refractivity contribution in [3.8, 4) is 10.4 Å². The number of rotatable bonds is 5. The van der Waals surface area contributed by atoms with Crippen molar-refractivity contribution in [2.75, 3.05) is 0 Å². The van der Waals surface area contributed by atoms with Gasteiger partial charge in [-0.15, -0.1) is 11.3 Å². The summed E-state index contributed by atoms with van der Waals surface area (Å²) >= 11 is 1.27. The van der Waals surface area contributed by atoms with Crippen LogP contribution >= 0.6 is 11.3 Å². The number of thiophene rings is 1. The lowest BCUT2D eigenvalue weighted by Gasteiger charge is -2.12. The molecule has 1 aromatic carbocycles. The molecule has 6 heteroatoms. The SMILES string of the molecule is C[C@]1(c2ccccc2)C[C@@H]1NS(=O)(=O)c1ccc(-c2cccnc2)s1. The third-order valence-electron chi connectivity index (χ3n) is 4.76. The Labute approximate surface area is 151 Å². The molecular formula is C19H18N2O2S2. The lowest BCUT2D eigenvalue weighted by Crippen LogP contribution is -2.29. The summed E-state index contributed by atoms with van der Waals surface area (Å²) in [4.78, 5) is 4.98. The molecule has 1 N–H and O–H groups in total. The van der Waals surface area contributed by atoms with E-state index >= 15 is 0 Å². The van der Waals surface area contributed by atoms with E-state index in [2.05, 4.69) is 28.8 Å². The van der Waals surface area contributed by atoms with Crippen molar-refractivity contribution >= 4 is 21.4 Å². The molecule has 2 heterocycles. The predicted octanol–water partition coefficient (Wildman–Crippen LogP) is 3.82. The van der Waals surface area contributed by atoms with Crippen molar-refractivity contribution in [3.05, 3.63) is 72.6 Å². The Morgan fingerprint density at radius 3 is 2.64 bits per heavy atom. The maximum Gasteiger partial charge on any atom is 0.250 e. The van der Waals surface area contributed by atoms with Crippen LogP contribution in [0.5, 0.6) is 0 Å². The summed E-state index contributed by atoms with van der Waals surface area (Å²) in [5.41, 5.74) is 1.97. The molecule has 3 aromatic rings. The van der Waals surface area contributed by atoms with Gasteiger partial charge in [-0.05, 0) is 30.2 Å². The van der Waals surface area contributed by atoms with Crippen LogP contribution in [0, 0.1) is 0 Å². The number of nitrogens with one attached hydrogen (secondary N) is 1. The van der Waals surface area contributed by atoms with Gasteiger partial charge in [0, 0.05) is 34.3 Å². The number of aromatic nitrogens is 1. The third-order valence-corrected chi connectivity index (χ3v) is 7.86. The van der Waals surface area contributed by atoms with E-state index in [4.69, 9.17) is 0 Å². The Balaban J connectivity index is 1.53. The highest BCUT2D eigenvalue weighted by atomic mass is 32.2. The fourth-order valence-corrected chi connectivity index (χ4v) is 5.71. The van der Waals surface area contributed by atoms with Gasteiger partial charge in [0.2, 0.25) is 10.0 Å². The first-order valence-electron chi connectivity index (χ1n) is 8.07. The third kappa shape index (κ3) is 3.13. The van der Waals surface area contributed by atoms with Crippen LogP contribution in [0.4, 0.5) is 0 Å². The Morgan fingerprint density at radius 1 is 1.12 bits per heavy atom. The molecule has 2 atom stereocenters. The second-order valence-corrected chi connectivity index (χ2v) is 9.55. The molecular weight excluding hydrogens is 352 g/mol. The first-order valence-corrected chi connectivity index (χ1v) is 10.4. The first-order chi connectivity index (χ1) is 12.0. The normalized spacial score (nSPS) is 22.7. The van der Waals surface area contributed by atoms with E-state index in [1.165, 1.54) is 16.9 Å². The number of pyridine rings is 1. The van der Waals surface area contributed by atoms with Crippen LogP contribution in [-0.4, -0.2) is 19.4 Å². The van der Waals surface area contributed by atoms with E-state index in [0.29, 0.717) is 4.21 Å². The zero-order valence-corrected chi connectivity index (χ0v) is 15.3.